The Morgan fingerprint density at radius 2 is 2.36 bits per heavy atom. The highest BCUT2D eigenvalue weighted by Gasteiger charge is 2.31. The lowest BCUT2D eigenvalue weighted by atomic mass is 9.94. The van der Waals surface area contributed by atoms with Crippen LogP contribution in [-0.4, -0.2) is 11.0 Å². The molecular formula is C11H18N2S. The average Bonchev–Trinajstić information content (AvgIpc) is 2.91. The topological polar surface area (TPSA) is 38.9 Å². The molecule has 1 heterocycles. The molecule has 2 unspecified atom stereocenters. The van der Waals surface area contributed by atoms with Crippen molar-refractivity contribution in [2.75, 3.05) is 0 Å². The molecular weight excluding hydrogens is 192 g/mol. The van der Waals surface area contributed by atoms with Crippen LogP contribution in [0.25, 0.3) is 0 Å². The first-order chi connectivity index (χ1) is 6.66. The molecule has 1 aliphatic rings. The van der Waals surface area contributed by atoms with E-state index in [4.69, 9.17) is 5.73 Å². The zero-order valence-electron chi connectivity index (χ0n) is 8.86. The molecule has 3 heteroatoms. The number of thiazole rings is 1. The number of aryl methyl sites for hydroxylation is 1. The molecule has 0 spiro atoms. The molecule has 2 nitrogen and oxygen atoms in total. The molecule has 1 aromatic rings. The second-order valence-electron chi connectivity index (χ2n) is 4.42. The Morgan fingerprint density at radius 3 is 2.86 bits per heavy atom. The molecule has 2 N–H and O–H groups in total. The summed E-state index contributed by atoms with van der Waals surface area (Å²) >= 11 is 1.72. The van der Waals surface area contributed by atoms with Gasteiger partial charge in [0.25, 0.3) is 0 Å². The number of hydrogen-bond donors (Lipinski definition) is 1. The normalized spacial score (nSPS) is 20.8. The maximum atomic E-state index is 6.16. The van der Waals surface area contributed by atoms with E-state index in [1.165, 1.54) is 18.5 Å². The van der Waals surface area contributed by atoms with Crippen LogP contribution in [0.1, 0.15) is 30.5 Å². The SMILES string of the molecule is Cc1nc(CC(N)C(C)C2CC2)cs1. The van der Waals surface area contributed by atoms with Crippen LogP contribution in [0.5, 0.6) is 0 Å². The number of aromatic nitrogens is 1. The van der Waals surface area contributed by atoms with Crippen LogP contribution in [0, 0.1) is 18.8 Å². The fourth-order valence-corrected chi connectivity index (χ4v) is 2.53. The molecule has 14 heavy (non-hydrogen) atoms. The van der Waals surface area contributed by atoms with Gasteiger partial charge in [-0.05, 0) is 31.6 Å². The fraction of sp³-hybridized carbons (Fsp3) is 0.727. The summed E-state index contributed by atoms with van der Waals surface area (Å²) in [5, 5.41) is 3.28. The minimum atomic E-state index is 0.295. The van der Waals surface area contributed by atoms with Crippen LogP contribution >= 0.6 is 11.3 Å². The largest absolute Gasteiger partial charge is 0.327 e. The van der Waals surface area contributed by atoms with Crippen molar-refractivity contribution in [3.8, 4) is 0 Å². The maximum Gasteiger partial charge on any atom is 0.0897 e. The third-order valence-electron chi connectivity index (χ3n) is 3.15. The summed E-state index contributed by atoms with van der Waals surface area (Å²) in [5.74, 6) is 1.56. The lowest BCUT2D eigenvalue weighted by Crippen LogP contribution is -2.31. The van der Waals surface area contributed by atoms with Gasteiger partial charge >= 0.3 is 0 Å². The Bertz CT molecular complexity index is 304. The van der Waals surface area contributed by atoms with Crippen molar-refractivity contribution >= 4 is 11.3 Å². The van der Waals surface area contributed by atoms with Crippen LogP contribution in [-0.2, 0) is 6.42 Å². The molecule has 2 rings (SSSR count). The van der Waals surface area contributed by atoms with Gasteiger partial charge in [-0.1, -0.05) is 6.92 Å². The highest BCUT2D eigenvalue weighted by molar-refractivity contribution is 7.09. The van der Waals surface area contributed by atoms with Crippen LogP contribution in [0.2, 0.25) is 0 Å². The Morgan fingerprint density at radius 1 is 1.64 bits per heavy atom. The third kappa shape index (κ3) is 2.34. The molecule has 1 aromatic heterocycles. The fourth-order valence-electron chi connectivity index (χ4n) is 1.90. The Hall–Kier alpha value is -0.410. The first-order valence-corrected chi connectivity index (χ1v) is 6.21. The summed E-state index contributed by atoms with van der Waals surface area (Å²) in [7, 11) is 0. The predicted octanol–water partition coefficient (Wildman–Crippen LogP) is 2.37. The van der Waals surface area contributed by atoms with Crippen molar-refractivity contribution < 1.29 is 0 Å². The number of rotatable bonds is 4. The molecule has 0 amide bonds. The second kappa shape index (κ2) is 3.99. The molecule has 1 saturated carbocycles. The van der Waals surface area contributed by atoms with Crippen LogP contribution in [0.3, 0.4) is 0 Å². The van der Waals surface area contributed by atoms with Gasteiger partial charge in [0.1, 0.15) is 0 Å². The van der Waals surface area contributed by atoms with Gasteiger partial charge in [0, 0.05) is 17.8 Å². The van der Waals surface area contributed by atoms with Crippen molar-refractivity contribution in [3.63, 3.8) is 0 Å². The smallest absolute Gasteiger partial charge is 0.0897 e. The number of nitrogens with zero attached hydrogens (tertiary/aromatic N) is 1. The standard InChI is InChI=1S/C11H18N2S/c1-7(9-3-4-9)11(12)5-10-6-14-8(2)13-10/h6-7,9,11H,3-5,12H2,1-2H3. The number of nitrogens with two attached hydrogens (primary N) is 1. The minimum Gasteiger partial charge on any atom is -0.327 e. The van der Waals surface area contributed by atoms with E-state index in [0.29, 0.717) is 12.0 Å². The zero-order chi connectivity index (χ0) is 10.1. The predicted molar refractivity (Wildman–Crippen MR) is 60.4 cm³/mol. The van der Waals surface area contributed by atoms with Gasteiger partial charge in [-0.3, -0.25) is 0 Å². The molecule has 2 atom stereocenters. The van der Waals surface area contributed by atoms with Crippen molar-refractivity contribution in [1.82, 2.24) is 4.98 Å². The van der Waals surface area contributed by atoms with Gasteiger partial charge in [-0.15, -0.1) is 11.3 Å². The van der Waals surface area contributed by atoms with Crippen molar-refractivity contribution in [2.24, 2.45) is 17.6 Å². The summed E-state index contributed by atoms with van der Waals surface area (Å²) < 4.78 is 0. The quantitative estimate of drug-likeness (QED) is 0.828. The van der Waals surface area contributed by atoms with Gasteiger partial charge in [-0.25, -0.2) is 4.98 Å². The summed E-state index contributed by atoms with van der Waals surface area (Å²) in [4.78, 5) is 4.45. The van der Waals surface area contributed by atoms with E-state index in [-0.39, 0.29) is 0 Å². The molecule has 78 valence electrons. The highest BCUT2D eigenvalue weighted by atomic mass is 32.1. The van der Waals surface area contributed by atoms with Crippen LogP contribution < -0.4 is 5.73 Å². The average molecular weight is 210 g/mol. The summed E-state index contributed by atoms with van der Waals surface area (Å²) in [6, 6.07) is 0.295. The van der Waals surface area contributed by atoms with Crippen molar-refractivity contribution in [1.29, 1.82) is 0 Å². The molecule has 0 saturated heterocycles. The lowest BCUT2D eigenvalue weighted by Gasteiger charge is -2.18. The van der Waals surface area contributed by atoms with Gasteiger partial charge in [0.2, 0.25) is 0 Å². The Kier molecular flexibility index (Phi) is 2.88. The van der Waals surface area contributed by atoms with E-state index in [2.05, 4.69) is 17.3 Å². The maximum absolute atomic E-state index is 6.16. The summed E-state index contributed by atoms with van der Waals surface area (Å²) in [6.45, 7) is 4.32. The molecule has 0 aliphatic heterocycles. The van der Waals surface area contributed by atoms with Gasteiger partial charge in [0.15, 0.2) is 0 Å². The van der Waals surface area contributed by atoms with Crippen LogP contribution in [0.15, 0.2) is 5.38 Å². The van der Waals surface area contributed by atoms with Gasteiger partial charge < -0.3 is 5.73 Å². The molecule has 1 fully saturated rings. The van der Waals surface area contributed by atoms with Crippen LogP contribution in [0.4, 0.5) is 0 Å². The monoisotopic (exact) mass is 210 g/mol. The minimum absolute atomic E-state index is 0.295. The second-order valence-corrected chi connectivity index (χ2v) is 5.48. The Balaban J connectivity index is 1.89. The van der Waals surface area contributed by atoms with E-state index >= 15 is 0 Å². The Labute approximate surface area is 89.5 Å². The third-order valence-corrected chi connectivity index (χ3v) is 3.97. The first-order valence-electron chi connectivity index (χ1n) is 5.33. The van der Waals surface area contributed by atoms with Gasteiger partial charge in [0.05, 0.1) is 10.7 Å². The van der Waals surface area contributed by atoms with E-state index in [0.717, 1.165) is 17.3 Å². The zero-order valence-corrected chi connectivity index (χ0v) is 9.68. The van der Waals surface area contributed by atoms with E-state index in [1.807, 2.05) is 6.92 Å². The van der Waals surface area contributed by atoms with Crippen molar-refractivity contribution in [3.05, 3.63) is 16.1 Å². The molecule has 0 radical (unpaired) electrons. The summed E-state index contributed by atoms with van der Waals surface area (Å²) in [5.41, 5.74) is 7.34. The van der Waals surface area contributed by atoms with Gasteiger partial charge in [-0.2, -0.15) is 0 Å². The summed E-state index contributed by atoms with van der Waals surface area (Å²) in [6.07, 6.45) is 3.71. The van der Waals surface area contributed by atoms with E-state index in [1.54, 1.807) is 11.3 Å². The molecule has 1 aliphatic carbocycles. The van der Waals surface area contributed by atoms with Crippen molar-refractivity contribution in [2.45, 2.75) is 39.2 Å². The lowest BCUT2D eigenvalue weighted by molar-refractivity contribution is 0.402. The number of hydrogen-bond acceptors (Lipinski definition) is 3. The molecule has 0 bridgehead atoms. The van der Waals surface area contributed by atoms with E-state index in [9.17, 15) is 0 Å². The molecule has 0 aromatic carbocycles. The van der Waals surface area contributed by atoms with E-state index < -0.39 is 0 Å². The first kappa shape index (κ1) is 10.1. The highest BCUT2D eigenvalue weighted by Crippen LogP contribution is 2.38.